The van der Waals surface area contributed by atoms with Crippen LogP contribution >= 0.6 is 11.6 Å². The van der Waals surface area contributed by atoms with Gasteiger partial charge in [-0.15, -0.1) is 0 Å². The predicted molar refractivity (Wildman–Crippen MR) is 87.8 cm³/mol. The van der Waals surface area contributed by atoms with Crippen LogP contribution in [0.5, 0.6) is 0 Å². The molecule has 0 saturated carbocycles. The fourth-order valence-electron chi connectivity index (χ4n) is 2.07. The van der Waals surface area contributed by atoms with E-state index in [1.165, 1.54) is 22.6 Å². The molecule has 2 amide bonds. The van der Waals surface area contributed by atoms with Crippen molar-refractivity contribution >= 4 is 29.4 Å². The fourth-order valence-corrected chi connectivity index (χ4v) is 2.32. The summed E-state index contributed by atoms with van der Waals surface area (Å²) in [7, 11) is 3.19. The summed E-state index contributed by atoms with van der Waals surface area (Å²) in [5.41, 5.74) is 0.385. The summed E-state index contributed by atoms with van der Waals surface area (Å²) in [5.74, 6) is -2.35. The third-order valence-corrected chi connectivity index (χ3v) is 3.90. The van der Waals surface area contributed by atoms with Gasteiger partial charge >= 0.3 is 5.97 Å². The van der Waals surface area contributed by atoms with Crippen molar-refractivity contribution in [2.75, 3.05) is 13.1 Å². The summed E-state index contributed by atoms with van der Waals surface area (Å²) in [6.07, 6.45) is 1.31. The molecule has 0 unspecified atom stereocenters. The number of carbonyl (C=O) groups is 3. The number of aryl methyl sites for hydroxylation is 2. The number of amides is 2. The van der Waals surface area contributed by atoms with Gasteiger partial charge in [0.15, 0.2) is 11.4 Å². The van der Waals surface area contributed by atoms with Crippen molar-refractivity contribution < 1.29 is 19.5 Å². The van der Waals surface area contributed by atoms with Crippen molar-refractivity contribution in [2.24, 2.45) is 14.1 Å². The number of aromatic carboxylic acids is 1. The first-order chi connectivity index (χ1) is 11.7. The Morgan fingerprint density at radius 3 is 2.24 bits per heavy atom. The lowest BCUT2D eigenvalue weighted by Gasteiger charge is -2.05. The van der Waals surface area contributed by atoms with Crippen LogP contribution in [0.4, 0.5) is 0 Å². The van der Waals surface area contributed by atoms with E-state index in [9.17, 15) is 14.4 Å². The number of nitrogens with zero attached hydrogens (tertiary/aromatic N) is 4. The van der Waals surface area contributed by atoms with Crippen molar-refractivity contribution in [1.82, 2.24) is 30.2 Å². The van der Waals surface area contributed by atoms with Gasteiger partial charge in [0.05, 0.1) is 16.3 Å². The Morgan fingerprint density at radius 2 is 1.72 bits per heavy atom. The molecule has 3 N–H and O–H groups in total. The molecule has 2 rings (SSSR count). The topological polar surface area (TPSA) is 131 Å². The molecule has 11 heteroatoms. The normalized spacial score (nSPS) is 10.6. The molecule has 0 bridgehead atoms. The molecule has 0 aliphatic carbocycles. The Morgan fingerprint density at radius 1 is 1.12 bits per heavy atom. The lowest BCUT2D eigenvalue weighted by Crippen LogP contribution is -2.35. The second-order valence-corrected chi connectivity index (χ2v) is 5.63. The molecule has 0 radical (unpaired) electrons. The van der Waals surface area contributed by atoms with Crippen molar-refractivity contribution in [2.45, 2.75) is 6.92 Å². The van der Waals surface area contributed by atoms with Crippen LogP contribution in [0.1, 0.15) is 37.0 Å². The molecule has 0 spiro atoms. The fraction of sp³-hybridized carbons (Fsp3) is 0.357. The number of halogens is 1. The summed E-state index contributed by atoms with van der Waals surface area (Å²) < 4.78 is 2.74. The average Bonchev–Trinajstić information content (AvgIpc) is 3.07. The number of hydrogen-bond donors (Lipinski definition) is 3. The average molecular weight is 369 g/mol. The molecule has 0 saturated heterocycles. The maximum atomic E-state index is 12.0. The van der Waals surface area contributed by atoms with Crippen LogP contribution in [0.25, 0.3) is 0 Å². The smallest absolute Gasteiger partial charge is 0.357 e. The monoisotopic (exact) mass is 368 g/mol. The number of carboxylic acids is 1. The minimum Gasteiger partial charge on any atom is -0.476 e. The van der Waals surface area contributed by atoms with E-state index < -0.39 is 17.8 Å². The van der Waals surface area contributed by atoms with Crippen LogP contribution in [0, 0.1) is 6.92 Å². The lowest BCUT2D eigenvalue weighted by molar-refractivity contribution is 0.0684. The van der Waals surface area contributed by atoms with E-state index in [4.69, 9.17) is 16.7 Å². The number of hydrogen-bond acceptors (Lipinski definition) is 5. The number of nitrogens with one attached hydrogen (secondary N) is 2. The van der Waals surface area contributed by atoms with Gasteiger partial charge in [-0.2, -0.15) is 10.2 Å². The highest BCUT2D eigenvalue weighted by Gasteiger charge is 2.21. The molecule has 134 valence electrons. The third-order valence-electron chi connectivity index (χ3n) is 3.45. The summed E-state index contributed by atoms with van der Waals surface area (Å²) in [4.78, 5) is 35.1. The largest absolute Gasteiger partial charge is 0.476 e. The summed E-state index contributed by atoms with van der Waals surface area (Å²) in [6, 6.07) is 0. The summed E-state index contributed by atoms with van der Waals surface area (Å²) in [5, 5.41) is 22.1. The molecule has 0 fully saturated rings. The molecule has 2 heterocycles. The molecule has 2 aromatic heterocycles. The minimum atomic E-state index is -1.29. The summed E-state index contributed by atoms with van der Waals surface area (Å²) in [6.45, 7) is 1.96. The van der Waals surface area contributed by atoms with E-state index in [0.717, 1.165) is 0 Å². The first-order valence-electron chi connectivity index (χ1n) is 7.24. The van der Waals surface area contributed by atoms with E-state index in [1.54, 1.807) is 14.0 Å². The maximum absolute atomic E-state index is 12.0. The molecular weight excluding hydrogens is 352 g/mol. The highest BCUT2D eigenvalue weighted by molar-refractivity contribution is 6.34. The third kappa shape index (κ3) is 3.97. The maximum Gasteiger partial charge on any atom is 0.357 e. The Bertz CT molecular complexity index is 841. The van der Waals surface area contributed by atoms with Crippen LogP contribution in [-0.4, -0.2) is 55.5 Å². The Kier molecular flexibility index (Phi) is 5.42. The Balaban J connectivity index is 1.89. The van der Waals surface area contributed by atoms with Crippen molar-refractivity contribution in [3.63, 3.8) is 0 Å². The second-order valence-electron chi connectivity index (χ2n) is 5.25. The number of aromatic nitrogens is 4. The number of carbonyl (C=O) groups excluding carboxylic acids is 2. The van der Waals surface area contributed by atoms with Crippen LogP contribution < -0.4 is 10.6 Å². The van der Waals surface area contributed by atoms with E-state index in [0.29, 0.717) is 5.69 Å². The molecule has 0 aliphatic heterocycles. The molecule has 2 aromatic rings. The zero-order chi connectivity index (χ0) is 18.7. The lowest BCUT2D eigenvalue weighted by atomic mass is 10.2. The van der Waals surface area contributed by atoms with E-state index in [-0.39, 0.29) is 35.1 Å². The van der Waals surface area contributed by atoms with Crippen molar-refractivity contribution in [3.05, 3.63) is 33.9 Å². The van der Waals surface area contributed by atoms with Crippen molar-refractivity contribution in [1.29, 1.82) is 0 Å². The zero-order valence-corrected chi connectivity index (χ0v) is 14.6. The van der Waals surface area contributed by atoms with Gasteiger partial charge in [0.2, 0.25) is 0 Å². The van der Waals surface area contributed by atoms with E-state index in [2.05, 4.69) is 20.8 Å². The standard InChI is InChI=1S/C14H17ClN6O4/c1-7-9(15)11(19-21(7)3)13(23)17-5-4-16-12(22)8-6-20(2)18-10(8)14(24)25/h6H,4-5H2,1-3H3,(H,16,22)(H,17,23)(H,24,25). The van der Waals surface area contributed by atoms with Crippen molar-refractivity contribution in [3.8, 4) is 0 Å². The van der Waals surface area contributed by atoms with Gasteiger partial charge in [0, 0.05) is 33.4 Å². The molecule has 0 atom stereocenters. The van der Waals surface area contributed by atoms with Crippen LogP contribution in [0.3, 0.4) is 0 Å². The van der Waals surface area contributed by atoms with Gasteiger partial charge in [-0.1, -0.05) is 11.6 Å². The Hall–Kier alpha value is -2.88. The second kappa shape index (κ2) is 7.34. The van der Waals surface area contributed by atoms with Crippen LogP contribution in [0.15, 0.2) is 6.20 Å². The molecule has 0 aliphatic rings. The van der Waals surface area contributed by atoms with Gasteiger partial charge in [-0.25, -0.2) is 4.79 Å². The van der Waals surface area contributed by atoms with E-state index >= 15 is 0 Å². The quantitative estimate of drug-likeness (QED) is 0.614. The van der Waals surface area contributed by atoms with Gasteiger partial charge < -0.3 is 15.7 Å². The highest BCUT2D eigenvalue weighted by atomic mass is 35.5. The molecule has 25 heavy (non-hydrogen) atoms. The zero-order valence-electron chi connectivity index (χ0n) is 13.8. The van der Waals surface area contributed by atoms with Crippen LogP contribution in [-0.2, 0) is 14.1 Å². The van der Waals surface area contributed by atoms with E-state index in [1.807, 2.05) is 0 Å². The van der Waals surface area contributed by atoms with Gasteiger partial charge in [-0.3, -0.25) is 19.0 Å². The van der Waals surface area contributed by atoms with Gasteiger partial charge in [-0.05, 0) is 6.92 Å². The molecular formula is C14H17ClN6O4. The first kappa shape index (κ1) is 18.5. The minimum absolute atomic E-state index is 0.0512. The van der Waals surface area contributed by atoms with Crippen LogP contribution in [0.2, 0.25) is 5.02 Å². The predicted octanol–water partition coefficient (Wildman–Crippen LogP) is -0.0266. The summed E-state index contributed by atoms with van der Waals surface area (Å²) >= 11 is 6.02. The highest BCUT2D eigenvalue weighted by Crippen LogP contribution is 2.18. The number of carboxylic acid groups (broad SMARTS) is 1. The first-order valence-corrected chi connectivity index (χ1v) is 7.62. The van der Waals surface area contributed by atoms with Gasteiger partial charge in [0.1, 0.15) is 0 Å². The van der Waals surface area contributed by atoms with Gasteiger partial charge in [0.25, 0.3) is 11.8 Å². The Labute approximate surface area is 147 Å². The number of rotatable bonds is 6. The molecule has 0 aromatic carbocycles. The molecule has 10 nitrogen and oxygen atoms in total. The SMILES string of the molecule is Cc1c(Cl)c(C(=O)NCCNC(=O)c2cn(C)nc2C(=O)O)nn1C.